The van der Waals surface area contributed by atoms with E-state index in [9.17, 15) is 9.59 Å². The number of hydrogen-bond acceptors (Lipinski definition) is 4. The molecule has 2 aliphatic rings. The Balaban J connectivity index is 1.27. The molecule has 0 unspecified atom stereocenters. The number of nitrogens with zero attached hydrogens (tertiary/aromatic N) is 1. The minimum Gasteiger partial charge on any atom is -0.376 e. The van der Waals surface area contributed by atoms with Crippen molar-refractivity contribution in [1.29, 1.82) is 0 Å². The molecule has 1 aromatic rings. The number of ether oxygens (including phenoxy) is 1. The van der Waals surface area contributed by atoms with Gasteiger partial charge < -0.3 is 15.0 Å². The Morgan fingerprint density at radius 3 is 2.77 bits per heavy atom. The number of rotatable bonds is 8. The van der Waals surface area contributed by atoms with E-state index in [0.717, 1.165) is 58.2 Å². The van der Waals surface area contributed by atoms with Crippen LogP contribution in [-0.2, 0) is 20.7 Å². The topological polar surface area (TPSA) is 58.6 Å². The van der Waals surface area contributed by atoms with Gasteiger partial charge in [0.05, 0.1) is 6.10 Å². The van der Waals surface area contributed by atoms with E-state index in [0.29, 0.717) is 25.3 Å². The van der Waals surface area contributed by atoms with E-state index in [1.165, 1.54) is 4.88 Å². The number of amides is 2. The molecular formula is C20H30N2O3S. The normalized spacial score (nSPS) is 21.1. The molecule has 3 heterocycles. The molecule has 3 rings (SSSR count). The quantitative estimate of drug-likeness (QED) is 0.756. The molecule has 1 N–H and O–H groups in total. The molecule has 1 atom stereocenters. The Labute approximate surface area is 160 Å². The van der Waals surface area contributed by atoms with Gasteiger partial charge in [0.2, 0.25) is 11.8 Å². The molecule has 26 heavy (non-hydrogen) atoms. The molecule has 0 saturated carbocycles. The summed E-state index contributed by atoms with van der Waals surface area (Å²) in [6.45, 7) is 3.15. The summed E-state index contributed by atoms with van der Waals surface area (Å²) in [7, 11) is 0. The van der Waals surface area contributed by atoms with Gasteiger partial charge in [0.25, 0.3) is 0 Å². The number of carbonyl (C=O) groups is 2. The van der Waals surface area contributed by atoms with Gasteiger partial charge in [0, 0.05) is 44.0 Å². The largest absolute Gasteiger partial charge is 0.376 e. The zero-order chi connectivity index (χ0) is 18.2. The number of hydrogen-bond donors (Lipinski definition) is 1. The first-order chi connectivity index (χ1) is 12.7. The van der Waals surface area contributed by atoms with Gasteiger partial charge >= 0.3 is 0 Å². The van der Waals surface area contributed by atoms with E-state index in [4.69, 9.17) is 4.74 Å². The summed E-state index contributed by atoms with van der Waals surface area (Å²) in [4.78, 5) is 27.6. The lowest BCUT2D eigenvalue weighted by molar-refractivity contribution is -0.132. The monoisotopic (exact) mass is 378 g/mol. The third kappa shape index (κ3) is 6.09. The predicted octanol–water partition coefficient (Wildman–Crippen LogP) is 2.99. The van der Waals surface area contributed by atoms with Crippen LogP contribution in [0.5, 0.6) is 0 Å². The second-order valence-electron chi connectivity index (χ2n) is 7.38. The highest BCUT2D eigenvalue weighted by atomic mass is 32.1. The lowest BCUT2D eigenvalue weighted by atomic mass is 9.92. The number of aryl methyl sites for hydroxylation is 1. The Bertz CT molecular complexity index is 562. The smallest absolute Gasteiger partial charge is 0.222 e. The first-order valence-electron chi connectivity index (χ1n) is 9.89. The molecule has 2 fully saturated rings. The van der Waals surface area contributed by atoms with Gasteiger partial charge in [-0.1, -0.05) is 6.07 Å². The number of thiophene rings is 1. The van der Waals surface area contributed by atoms with Crippen molar-refractivity contribution in [3.63, 3.8) is 0 Å². The van der Waals surface area contributed by atoms with Crippen molar-refractivity contribution in [2.45, 2.75) is 57.5 Å². The van der Waals surface area contributed by atoms with Gasteiger partial charge in [-0.3, -0.25) is 9.59 Å². The van der Waals surface area contributed by atoms with Gasteiger partial charge in [-0.2, -0.15) is 0 Å². The first kappa shape index (κ1) is 19.4. The van der Waals surface area contributed by atoms with Crippen LogP contribution in [0.25, 0.3) is 0 Å². The van der Waals surface area contributed by atoms with Crippen molar-refractivity contribution >= 4 is 23.2 Å². The van der Waals surface area contributed by atoms with Crippen LogP contribution in [0.3, 0.4) is 0 Å². The average molecular weight is 379 g/mol. The number of nitrogens with one attached hydrogen (secondary N) is 1. The van der Waals surface area contributed by atoms with Crippen molar-refractivity contribution < 1.29 is 14.3 Å². The number of piperidine rings is 1. The van der Waals surface area contributed by atoms with E-state index >= 15 is 0 Å². The van der Waals surface area contributed by atoms with Crippen LogP contribution in [0.15, 0.2) is 17.5 Å². The van der Waals surface area contributed by atoms with E-state index < -0.39 is 0 Å². The lowest BCUT2D eigenvalue weighted by Crippen LogP contribution is -2.39. The Hall–Kier alpha value is -1.40. The summed E-state index contributed by atoms with van der Waals surface area (Å²) in [6, 6.07) is 4.13. The highest BCUT2D eigenvalue weighted by molar-refractivity contribution is 7.09. The maximum atomic E-state index is 12.3. The van der Waals surface area contributed by atoms with Crippen molar-refractivity contribution in [2.75, 3.05) is 26.2 Å². The predicted molar refractivity (Wildman–Crippen MR) is 103 cm³/mol. The fourth-order valence-electron chi connectivity index (χ4n) is 3.77. The second-order valence-corrected chi connectivity index (χ2v) is 8.41. The molecule has 2 aliphatic heterocycles. The van der Waals surface area contributed by atoms with Crippen molar-refractivity contribution in [3.05, 3.63) is 22.4 Å². The van der Waals surface area contributed by atoms with Crippen LogP contribution < -0.4 is 5.32 Å². The van der Waals surface area contributed by atoms with Crippen LogP contribution in [-0.4, -0.2) is 49.1 Å². The zero-order valence-corrected chi connectivity index (χ0v) is 16.3. The van der Waals surface area contributed by atoms with Crippen LogP contribution >= 0.6 is 11.3 Å². The Morgan fingerprint density at radius 2 is 2.08 bits per heavy atom. The van der Waals surface area contributed by atoms with Gasteiger partial charge in [-0.25, -0.2) is 0 Å². The SMILES string of the molecule is O=C(CCC1CCN(C(=O)CCc2cccs2)CC1)NC[C@H]1CCCO1. The summed E-state index contributed by atoms with van der Waals surface area (Å²) in [5.74, 6) is 0.964. The molecule has 0 spiro atoms. The first-order valence-corrected chi connectivity index (χ1v) is 10.8. The average Bonchev–Trinajstić information content (AvgIpc) is 3.37. The Morgan fingerprint density at radius 1 is 1.23 bits per heavy atom. The summed E-state index contributed by atoms with van der Waals surface area (Å²) in [5, 5.41) is 5.05. The minimum atomic E-state index is 0.134. The van der Waals surface area contributed by atoms with Crippen molar-refractivity contribution in [3.8, 4) is 0 Å². The summed E-state index contributed by atoms with van der Waals surface area (Å²) < 4.78 is 5.52. The van der Waals surface area contributed by atoms with Crippen LogP contribution in [0.4, 0.5) is 0 Å². The maximum Gasteiger partial charge on any atom is 0.222 e. The van der Waals surface area contributed by atoms with Gasteiger partial charge in [0.1, 0.15) is 0 Å². The van der Waals surface area contributed by atoms with E-state index in [2.05, 4.69) is 16.8 Å². The maximum absolute atomic E-state index is 12.3. The highest BCUT2D eigenvalue weighted by Crippen LogP contribution is 2.23. The minimum absolute atomic E-state index is 0.134. The second kappa shape index (κ2) is 10.1. The molecule has 0 aromatic carbocycles. The van der Waals surface area contributed by atoms with Gasteiger partial charge in [-0.05, 0) is 55.9 Å². The molecular weight excluding hydrogens is 348 g/mol. The number of carbonyl (C=O) groups excluding carboxylic acids is 2. The summed E-state index contributed by atoms with van der Waals surface area (Å²) in [5.41, 5.74) is 0. The summed E-state index contributed by atoms with van der Waals surface area (Å²) >= 11 is 1.72. The molecule has 0 aliphatic carbocycles. The molecule has 1 aromatic heterocycles. The molecule has 2 saturated heterocycles. The van der Waals surface area contributed by atoms with Crippen LogP contribution in [0.1, 0.15) is 49.8 Å². The van der Waals surface area contributed by atoms with E-state index in [-0.39, 0.29) is 17.9 Å². The van der Waals surface area contributed by atoms with Crippen LogP contribution in [0.2, 0.25) is 0 Å². The Kier molecular flexibility index (Phi) is 7.50. The van der Waals surface area contributed by atoms with Gasteiger partial charge in [0.15, 0.2) is 0 Å². The van der Waals surface area contributed by atoms with Gasteiger partial charge in [-0.15, -0.1) is 11.3 Å². The molecule has 0 bridgehead atoms. The lowest BCUT2D eigenvalue weighted by Gasteiger charge is -2.32. The fourth-order valence-corrected chi connectivity index (χ4v) is 4.48. The fraction of sp³-hybridized carbons (Fsp3) is 0.700. The summed E-state index contributed by atoms with van der Waals surface area (Å²) in [6.07, 6.45) is 7.37. The number of likely N-dealkylation sites (tertiary alicyclic amines) is 1. The molecule has 0 radical (unpaired) electrons. The third-order valence-electron chi connectivity index (χ3n) is 5.46. The van der Waals surface area contributed by atoms with E-state index in [1.54, 1.807) is 11.3 Å². The third-order valence-corrected chi connectivity index (χ3v) is 6.40. The van der Waals surface area contributed by atoms with Crippen molar-refractivity contribution in [2.24, 2.45) is 5.92 Å². The molecule has 144 valence electrons. The van der Waals surface area contributed by atoms with E-state index in [1.807, 2.05) is 11.0 Å². The zero-order valence-electron chi connectivity index (χ0n) is 15.5. The standard InChI is InChI=1S/C20H30N2O3S/c23-19(21-15-17-3-1-13-25-17)7-5-16-9-11-22(12-10-16)20(24)8-6-18-4-2-14-26-18/h2,4,14,16-17H,1,3,5-13,15H2,(H,21,23)/t17-/m1/s1. The molecule has 5 nitrogen and oxygen atoms in total. The molecule has 2 amide bonds. The van der Waals surface area contributed by atoms with Crippen LogP contribution in [0, 0.1) is 5.92 Å². The van der Waals surface area contributed by atoms with Crippen molar-refractivity contribution in [1.82, 2.24) is 10.2 Å². The molecule has 6 heteroatoms. The highest BCUT2D eigenvalue weighted by Gasteiger charge is 2.23.